The minimum atomic E-state index is -1.50. The molecule has 0 bridgehead atoms. The molecular weight excluding hydrogens is 805 g/mol. The van der Waals surface area contributed by atoms with Gasteiger partial charge in [-0.1, -0.05) is 90.5 Å². The van der Waals surface area contributed by atoms with Crippen LogP contribution in [0.5, 0.6) is 0 Å². The number of aliphatic hydroxyl groups excluding tert-OH is 1. The summed E-state index contributed by atoms with van der Waals surface area (Å²) in [7, 11) is -1.50. The van der Waals surface area contributed by atoms with Crippen LogP contribution in [0.4, 0.5) is 0 Å². The first-order valence-electron chi connectivity index (χ1n) is 20.4. The average molecular weight is 861 g/mol. The Balaban J connectivity index is 1.24. The predicted octanol–water partition coefficient (Wildman–Crippen LogP) is 5.30. The van der Waals surface area contributed by atoms with E-state index in [9.17, 15) is 24.3 Å². The van der Waals surface area contributed by atoms with Gasteiger partial charge < -0.3 is 49.2 Å². The maximum absolute atomic E-state index is 13.5. The maximum Gasteiger partial charge on any atom is 0.328 e. The van der Waals surface area contributed by atoms with Gasteiger partial charge >= 0.3 is 5.97 Å². The van der Waals surface area contributed by atoms with Crippen LogP contribution in [0.2, 0.25) is 25.7 Å². The number of oxazole rings is 4. The maximum atomic E-state index is 13.5. The van der Waals surface area contributed by atoms with E-state index in [4.69, 9.17) is 28.1 Å². The fourth-order valence-corrected chi connectivity index (χ4v) is 6.65. The minimum absolute atomic E-state index is 0.00723. The molecule has 0 fully saturated rings. The van der Waals surface area contributed by atoms with Crippen LogP contribution in [-0.2, 0) is 25.5 Å². The fourth-order valence-electron chi connectivity index (χ4n) is 5.93. The molecule has 61 heavy (non-hydrogen) atoms. The fraction of sp³-hybridized carbons (Fsp3) is 0.476. The molecule has 18 nitrogen and oxygen atoms in total. The molecule has 19 heteroatoms. The molecule has 0 aliphatic rings. The van der Waals surface area contributed by atoms with Gasteiger partial charge in [0.15, 0.2) is 22.8 Å². The van der Waals surface area contributed by atoms with E-state index in [1.54, 1.807) is 0 Å². The summed E-state index contributed by atoms with van der Waals surface area (Å²) in [6.45, 7) is 15.9. The SMILES string of the molecule is CC[C@H](C)[C@H](N)C(=O)N[C@H](c1nc(-c2nc(-c3nc(-c4nc(C(=O)N[C@H](C(=O)N[C@@H](Cc5ccccc5)C(=O)OCC[Si](C)(C)C)[C@H](C)O)co4)co3)co2)co1)[C@@H](C)CC. The lowest BCUT2D eigenvalue weighted by Gasteiger charge is -2.25. The van der Waals surface area contributed by atoms with Gasteiger partial charge in [-0.3, -0.25) is 14.4 Å². The summed E-state index contributed by atoms with van der Waals surface area (Å²) >= 11 is 0. The third kappa shape index (κ3) is 12.3. The zero-order chi connectivity index (χ0) is 44.4. The van der Waals surface area contributed by atoms with Gasteiger partial charge in [-0.25, -0.2) is 24.7 Å². The van der Waals surface area contributed by atoms with Crippen molar-refractivity contribution < 1.29 is 46.7 Å². The second-order valence-electron chi connectivity index (χ2n) is 16.4. The summed E-state index contributed by atoms with van der Waals surface area (Å²) in [6, 6.07) is 6.09. The quantitative estimate of drug-likeness (QED) is 0.0463. The number of aliphatic hydroxyl groups is 1. The third-order valence-corrected chi connectivity index (χ3v) is 12.0. The Bertz CT molecular complexity index is 2230. The number of aromatic nitrogens is 4. The standard InChI is InChI=1S/C42H56N8O10Si/c1-9-23(3)32(43)36(53)49-33(24(4)10-2)41-48-31(22-60-41)40-47-30(21-59-40)39-46-29(20-58-39)38-45-28(19-57-38)35(52)50-34(25(5)51)37(54)44-27(18-26-14-12-11-13-15-26)42(55)56-16-17-61(6,7)8/h11-15,19-25,27,32-34,51H,9-10,16-18,43H2,1-8H3,(H,44,54)(H,49,53)(H,50,52)/t23-,24-,25-,27-,32-,33-,34-/m0/s1. The van der Waals surface area contributed by atoms with Gasteiger partial charge in [0.1, 0.15) is 43.2 Å². The third-order valence-electron chi connectivity index (χ3n) is 10.3. The number of ether oxygens (including phenoxy) is 1. The molecule has 4 heterocycles. The average Bonchev–Trinajstić information content (AvgIpc) is 4.07. The first-order valence-corrected chi connectivity index (χ1v) is 24.1. The minimum Gasteiger partial charge on any atom is -0.464 e. The van der Waals surface area contributed by atoms with Crippen molar-refractivity contribution in [2.45, 2.75) is 110 Å². The van der Waals surface area contributed by atoms with Crippen molar-refractivity contribution in [3.05, 3.63) is 72.5 Å². The number of nitrogens with zero attached hydrogens (tertiary/aromatic N) is 4. The monoisotopic (exact) mass is 860 g/mol. The molecule has 0 saturated carbocycles. The molecule has 0 aliphatic carbocycles. The van der Waals surface area contributed by atoms with E-state index < -0.39 is 56.1 Å². The molecule has 4 aromatic heterocycles. The highest BCUT2D eigenvalue weighted by Gasteiger charge is 2.33. The Hall–Kier alpha value is -5.92. The Morgan fingerprint density at radius 1 is 0.754 bits per heavy atom. The van der Waals surface area contributed by atoms with Crippen molar-refractivity contribution in [2.75, 3.05) is 6.61 Å². The van der Waals surface area contributed by atoms with Crippen LogP contribution < -0.4 is 21.7 Å². The van der Waals surface area contributed by atoms with Crippen molar-refractivity contribution >= 4 is 31.8 Å². The summed E-state index contributed by atoms with van der Waals surface area (Å²) in [5.74, 6) is -2.24. The van der Waals surface area contributed by atoms with Crippen LogP contribution in [0, 0.1) is 11.8 Å². The molecule has 0 aliphatic heterocycles. The van der Waals surface area contributed by atoms with Gasteiger partial charge in [0.05, 0.1) is 18.8 Å². The molecule has 0 saturated heterocycles. The van der Waals surface area contributed by atoms with E-state index in [1.807, 2.05) is 58.0 Å². The van der Waals surface area contributed by atoms with Crippen molar-refractivity contribution in [1.82, 2.24) is 35.9 Å². The largest absolute Gasteiger partial charge is 0.464 e. The Kier molecular flexibility index (Phi) is 15.6. The summed E-state index contributed by atoms with van der Waals surface area (Å²) in [5, 5.41) is 18.7. The lowest BCUT2D eigenvalue weighted by Crippen LogP contribution is -2.56. The zero-order valence-electron chi connectivity index (χ0n) is 35.8. The lowest BCUT2D eigenvalue weighted by molar-refractivity contribution is -0.147. The lowest BCUT2D eigenvalue weighted by atomic mass is 9.96. The van der Waals surface area contributed by atoms with Crippen molar-refractivity contribution in [1.29, 1.82) is 0 Å². The van der Waals surface area contributed by atoms with E-state index >= 15 is 0 Å². The molecule has 5 aromatic rings. The highest BCUT2D eigenvalue weighted by atomic mass is 28.3. The smallest absolute Gasteiger partial charge is 0.328 e. The number of nitrogens with one attached hydrogen (secondary N) is 3. The number of hydrogen-bond acceptors (Lipinski definition) is 15. The van der Waals surface area contributed by atoms with Gasteiger partial charge in [0, 0.05) is 14.5 Å². The zero-order valence-corrected chi connectivity index (χ0v) is 36.8. The molecule has 0 unspecified atom stereocenters. The van der Waals surface area contributed by atoms with Crippen LogP contribution in [0.15, 0.2) is 73.1 Å². The molecule has 3 amide bonds. The normalized spacial score (nSPS) is 15.2. The number of esters is 1. The Morgan fingerprint density at radius 2 is 1.33 bits per heavy atom. The molecule has 1 aromatic carbocycles. The summed E-state index contributed by atoms with van der Waals surface area (Å²) in [4.78, 5) is 70.5. The number of hydrogen-bond donors (Lipinski definition) is 5. The van der Waals surface area contributed by atoms with Crippen molar-refractivity contribution in [2.24, 2.45) is 17.6 Å². The summed E-state index contributed by atoms with van der Waals surface area (Å²) < 4.78 is 28.1. The van der Waals surface area contributed by atoms with E-state index in [-0.39, 0.29) is 77.1 Å². The van der Waals surface area contributed by atoms with Crippen molar-refractivity contribution in [3.8, 4) is 34.8 Å². The van der Waals surface area contributed by atoms with Crippen LogP contribution in [0.3, 0.4) is 0 Å². The molecule has 7 atom stereocenters. The molecule has 0 spiro atoms. The molecule has 0 radical (unpaired) electrons. The van der Waals surface area contributed by atoms with Crippen LogP contribution in [0.1, 0.15) is 75.4 Å². The van der Waals surface area contributed by atoms with E-state index in [2.05, 4.69) is 55.5 Å². The van der Waals surface area contributed by atoms with E-state index in [0.717, 1.165) is 30.7 Å². The topological polar surface area (TPSA) is 264 Å². The van der Waals surface area contributed by atoms with Gasteiger partial charge in [0.2, 0.25) is 35.4 Å². The Morgan fingerprint density at radius 3 is 1.92 bits per heavy atom. The Labute approximate surface area is 354 Å². The first kappa shape index (κ1) is 46.1. The van der Waals surface area contributed by atoms with Gasteiger partial charge in [-0.2, -0.15) is 0 Å². The molecule has 6 N–H and O–H groups in total. The number of carbonyl (C=O) groups excluding carboxylic acids is 4. The van der Waals surface area contributed by atoms with Crippen molar-refractivity contribution in [3.63, 3.8) is 0 Å². The van der Waals surface area contributed by atoms with Crippen LogP contribution in [0.25, 0.3) is 34.8 Å². The molecular formula is C42H56N8O10Si. The van der Waals surface area contributed by atoms with E-state index in [0.29, 0.717) is 0 Å². The van der Waals surface area contributed by atoms with Gasteiger partial charge in [-0.15, -0.1) is 0 Å². The number of benzene rings is 1. The van der Waals surface area contributed by atoms with Crippen LogP contribution >= 0.6 is 0 Å². The number of carbonyl (C=O) groups is 4. The van der Waals surface area contributed by atoms with Gasteiger partial charge in [0.25, 0.3) is 5.91 Å². The predicted molar refractivity (Wildman–Crippen MR) is 225 cm³/mol. The number of nitrogens with two attached hydrogens (primary N) is 1. The van der Waals surface area contributed by atoms with Gasteiger partial charge in [-0.05, 0) is 30.4 Å². The molecule has 328 valence electrons. The highest BCUT2D eigenvalue weighted by Crippen LogP contribution is 2.30. The second-order valence-corrected chi connectivity index (χ2v) is 22.0. The summed E-state index contributed by atoms with van der Waals surface area (Å²) in [6.07, 6.45) is 5.27. The number of amides is 3. The number of rotatable bonds is 21. The van der Waals surface area contributed by atoms with E-state index in [1.165, 1.54) is 25.7 Å². The highest BCUT2D eigenvalue weighted by molar-refractivity contribution is 6.76. The van der Waals surface area contributed by atoms with Crippen LogP contribution in [-0.4, -0.2) is 87.6 Å². The molecule has 5 rings (SSSR count). The summed E-state index contributed by atoms with van der Waals surface area (Å²) in [5.41, 5.74) is 7.34. The second kappa shape index (κ2) is 20.6. The first-order chi connectivity index (χ1) is 29.0.